The third kappa shape index (κ3) is 2.46. The van der Waals surface area contributed by atoms with Crippen LogP contribution in [0, 0.1) is 0 Å². The van der Waals surface area contributed by atoms with E-state index in [9.17, 15) is 9.00 Å². The quantitative estimate of drug-likeness (QED) is 0.906. The molecule has 0 bridgehead atoms. The molecule has 1 aromatic heterocycles. The van der Waals surface area contributed by atoms with Crippen LogP contribution in [0.25, 0.3) is 10.8 Å². The summed E-state index contributed by atoms with van der Waals surface area (Å²) in [5.74, 6) is 1.48. The molecule has 0 aliphatic heterocycles. The molecule has 4 nitrogen and oxygen atoms in total. The Labute approximate surface area is 108 Å². The van der Waals surface area contributed by atoms with Gasteiger partial charge < -0.3 is 5.73 Å². The highest BCUT2D eigenvalue weighted by molar-refractivity contribution is 7.84. The number of nitrogens with two attached hydrogens (primary N) is 1. The number of fused-ring (bicyclic) bond motifs is 1. The lowest BCUT2D eigenvalue weighted by molar-refractivity contribution is 0.672. The van der Waals surface area contributed by atoms with Crippen molar-refractivity contribution >= 4 is 27.4 Å². The number of pyridine rings is 1. The molecule has 2 aromatic rings. The molecule has 0 aliphatic carbocycles. The average molecular weight is 264 g/mol. The second kappa shape index (κ2) is 5.35. The number of nitrogen functional groups attached to an aromatic ring is 1. The van der Waals surface area contributed by atoms with Crippen LogP contribution in [-0.4, -0.2) is 20.3 Å². The standard InChI is InChI=1S/C13H16N2O2S/c1-2-18(17)8-7-15-12(14)9-10-5-3-4-6-11(10)13(15)16/h3-6,9H,2,7-8,14H2,1H3. The largest absolute Gasteiger partial charge is 0.385 e. The minimum atomic E-state index is -0.893. The Bertz CT molecular complexity index is 649. The first-order valence-electron chi connectivity index (χ1n) is 5.86. The van der Waals surface area contributed by atoms with E-state index in [-0.39, 0.29) is 5.56 Å². The summed E-state index contributed by atoms with van der Waals surface area (Å²) < 4.78 is 12.9. The van der Waals surface area contributed by atoms with Crippen molar-refractivity contribution in [3.8, 4) is 0 Å². The minimum Gasteiger partial charge on any atom is -0.385 e. The topological polar surface area (TPSA) is 65.1 Å². The van der Waals surface area contributed by atoms with Crippen molar-refractivity contribution in [2.45, 2.75) is 13.5 Å². The van der Waals surface area contributed by atoms with Gasteiger partial charge in [-0.15, -0.1) is 0 Å². The van der Waals surface area contributed by atoms with E-state index in [1.165, 1.54) is 4.57 Å². The maximum atomic E-state index is 12.2. The highest BCUT2D eigenvalue weighted by Gasteiger charge is 2.07. The lowest BCUT2D eigenvalue weighted by Crippen LogP contribution is -2.25. The molecule has 2 rings (SSSR count). The molecule has 0 saturated heterocycles. The Morgan fingerprint density at radius 3 is 2.78 bits per heavy atom. The normalized spacial score (nSPS) is 12.7. The predicted molar refractivity (Wildman–Crippen MR) is 76.2 cm³/mol. The smallest absolute Gasteiger partial charge is 0.260 e. The van der Waals surface area contributed by atoms with Crippen LogP contribution < -0.4 is 11.3 Å². The monoisotopic (exact) mass is 264 g/mol. The summed E-state index contributed by atoms with van der Waals surface area (Å²) in [5.41, 5.74) is 5.77. The molecular weight excluding hydrogens is 248 g/mol. The fourth-order valence-electron chi connectivity index (χ4n) is 1.89. The van der Waals surface area contributed by atoms with Gasteiger partial charge >= 0.3 is 0 Å². The number of hydrogen-bond donors (Lipinski definition) is 1. The van der Waals surface area contributed by atoms with Crippen molar-refractivity contribution in [1.29, 1.82) is 0 Å². The molecule has 0 fully saturated rings. The van der Waals surface area contributed by atoms with Crippen LogP contribution in [0.15, 0.2) is 35.1 Å². The fraction of sp³-hybridized carbons (Fsp3) is 0.308. The summed E-state index contributed by atoms with van der Waals surface area (Å²) >= 11 is 0. The van der Waals surface area contributed by atoms with Gasteiger partial charge in [-0.3, -0.25) is 13.6 Å². The molecule has 1 atom stereocenters. The summed E-state index contributed by atoms with van der Waals surface area (Å²) in [6.07, 6.45) is 0. The van der Waals surface area contributed by atoms with Gasteiger partial charge in [0.2, 0.25) is 0 Å². The number of aromatic nitrogens is 1. The van der Waals surface area contributed by atoms with Crippen molar-refractivity contribution in [3.05, 3.63) is 40.7 Å². The van der Waals surface area contributed by atoms with Crippen LogP contribution in [0.3, 0.4) is 0 Å². The van der Waals surface area contributed by atoms with Crippen LogP contribution in [0.4, 0.5) is 5.82 Å². The maximum absolute atomic E-state index is 12.2. The Hall–Kier alpha value is -1.62. The van der Waals surface area contributed by atoms with Crippen LogP contribution in [-0.2, 0) is 17.3 Å². The zero-order chi connectivity index (χ0) is 13.1. The first-order valence-corrected chi connectivity index (χ1v) is 7.35. The molecule has 0 saturated carbocycles. The van der Waals surface area contributed by atoms with Crippen LogP contribution in [0.2, 0.25) is 0 Å². The summed E-state index contributed by atoms with van der Waals surface area (Å²) in [7, 11) is -0.893. The van der Waals surface area contributed by atoms with Gasteiger partial charge in [0.15, 0.2) is 0 Å². The molecule has 18 heavy (non-hydrogen) atoms. The van der Waals surface area contributed by atoms with Crippen LogP contribution in [0.1, 0.15) is 6.92 Å². The van der Waals surface area contributed by atoms with E-state index < -0.39 is 10.8 Å². The van der Waals surface area contributed by atoms with Gasteiger partial charge in [-0.05, 0) is 17.5 Å². The van der Waals surface area contributed by atoms with Crippen molar-refractivity contribution < 1.29 is 4.21 Å². The third-order valence-corrected chi connectivity index (χ3v) is 4.20. The van der Waals surface area contributed by atoms with Gasteiger partial charge in [0.05, 0.1) is 0 Å². The molecule has 96 valence electrons. The predicted octanol–water partition coefficient (Wildman–Crippen LogP) is 1.35. The molecule has 1 unspecified atom stereocenters. The van der Waals surface area contributed by atoms with Crippen molar-refractivity contribution in [2.24, 2.45) is 0 Å². The highest BCUT2D eigenvalue weighted by atomic mass is 32.2. The molecule has 1 aromatic carbocycles. The van der Waals surface area contributed by atoms with Gasteiger partial charge in [-0.25, -0.2) is 0 Å². The fourth-order valence-corrected chi connectivity index (χ4v) is 2.56. The molecule has 0 aliphatic rings. The average Bonchev–Trinajstić information content (AvgIpc) is 2.38. The van der Waals surface area contributed by atoms with Gasteiger partial charge in [0.1, 0.15) is 5.82 Å². The van der Waals surface area contributed by atoms with Crippen molar-refractivity contribution in [1.82, 2.24) is 4.57 Å². The summed E-state index contributed by atoms with van der Waals surface area (Å²) in [4.78, 5) is 12.2. The zero-order valence-corrected chi connectivity index (χ0v) is 11.1. The molecule has 0 spiro atoms. The molecule has 5 heteroatoms. The van der Waals surface area contributed by atoms with E-state index in [0.29, 0.717) is 29.3 Å². The molecule has 0 amide bonds. The van der Waals surface area contributed by atoms with Gasteiger partial charge in [-0.2, -0.15) is 0 Å². The first-order chi connectivity index (χ1) is 8.63. The summed E-state index contributed by atoms with van der Waals surface area (Å²) in [5, 5.41) is 1.49. The number of nitrogens with zero attached hydrogens (tertiary/aromatic N) is 1. The van der Waals surface area contributed by atoms with Gasteiger partial charge in [0.25, 0.3) is 5.56 Å². The lowest BCUT2D eigenvalue weighted by Gasteiger charge is -2.10. The maximum Gasteiger partial charge on any atom is 0.260 e. The molecular formula is C13H16N2O2S. The van der Waals surface area contributed by atoms with Crippen LogP contribution >= 0.6 is 0 Å². The van der Waals surface area contributed by atoms with Gasteiger partial charge in [0, 0.05) is 34.2 Å². The van der Waals surface area contributed by atoms with Crippen molar-refractivity contribution in [2.75, 3.05) is 17.2 Å². The number of rotatable bonds is 4. The lowest BCUT2D eigenvalue weighted by atomic mass is 10.1. The first kappa shape index (κ1) is 12.8. The van der Waals surface area contributed by atoms with E-state index in [0.717, 1.165) is 5.39 Å². The second-order valence-corrected chi connectivity index (χ2v) is 5.91. The molecule has 0 radical (unpaired) electrons. The van der Waals surface area contributed by atoms with Gasteiger partial charge in [-0.1, -0.05) is 25.1 Å². The number of benzene rings is 1. The molecule has 2 N–H and O–H groups in total. The van der Waals surface area contributed by atoms with Crippen molar-refractivity contribution in [3.63, 3.8) is 0 Å². The third-order valence-electron chi connectivity index (χ3n) is 2.92. The van der Waals surface area contributed by atoms with E-state index in [4.69, 9.17) is 5.73 Å². The van der Waals surface area contributed by atoms with E-state index in [1.807, 2.05) is 25.1 Å². The van der Waals surface area contributed by atoms with Crippen LogP contribution in [0.5, 0.6) is 0 Å². The summed E-state index contributed by atoms with van der Waals surface area (Å²) in [6.45, 7) is 2.26. The Kier molecular flexibility index (Phi) is 3.81. The SMILES string of the molecule is CCS(=O)CCn1c(N)cc2ccccc2c1=O. The Morgan fingerprint density at radius 1 is 1.33 bits per heavy atom. The highest BCUT2D eigenvalue weighted by Crippen LogP contribution is 2.13. The Balaban J connectivity index is 2.44. The number of hydrogen-bond acceptors (Lipinski definition) is 3. The number of anilines is 1. The second-order valence-electron chi connectivity index (χ2n) is 4.05. The van der Waals surface area contributed by atoms with E-state index in [1.54, 1.807) is 12.1 Å². The van der Waals surface area contributed by atoms with E-state index >= 15 is 0 Å². The van der Waals surface area contributed by atoms with E-state index in [2.05, 4.69) is 0 Å². The minimum absolute atomic E-state index is 0.112. The zero-order valence-electron chi connectivity index (χ0n) is 10.3. The summed E-state index contributed by atoms with van der Waals surface area (Å²) in [6, 6.07) is 9.13. The molecule has 1 heterocycles. The Morgan fingerprint density at radius 2 is 2.06 bits per heavy atom.